The highest BCUT2D eigenvalue weighted by Gasteiger charge is 2.18. The van der Waals surface area contributed by atoms with Crippen LogP contribution < -0.4 is 4.74 Å². The van der Waals surface area contributed by atoms with Gasteiger partial charge in [-0.2, -0.15) is 0 Å². The first-order chi connectivity index (χ1) is 12.0. The Bertz CT molecular complexity index is 907. The second-order valence-corrected chi connectivity index (χ2v) is 6.38. The Morgan fingerprint density at radius 1 is 0.880 bits per heavy atom. The van der Waals surface area contributed by atoms with Crippen LogP contribution >= 0.6 is 0 Å². The average Bonchev–Trinajstić information content (AvgIpc) is 2.54. The maximum atomic E-state index is 12.8. The van der Waals surface area contributed by atoms with Crippen LogP contribution in [0, 0.1) is 27.7 Å². The fourth-order valence-electron chi connectivity index (χ4n) is 3.10. The predicted octanol–water partition coefficient (Wildman–Crippen LogP) is 5.20. The lowest BCUT2D eigenvalue weighted by Gasteiger charge is -2.14. The molecule has 3 aromatic rings. The van der Waals surface area contributed by atoms with E-state index in [1.807, 2.05) is 76.2 Å². The lowest BCUT2D eigenvalue weighted by Crippen LogP contribution is -2.13. The maximum absolute atomic E-state index is 12.8. The smallest absolute Gasteiger partial charge is 0.344 e. The van der Waals surface area contributed by atoms with Gasteiger partial charge in [-0.05, 0) is 68.7 Å². The molecule has 3 nitrogen and oxygen atoms in total. The van der Waals surface area contributed by atoms with Gasteiger partial charge in [0.1, 0.15) is 5.75 Å². The molecule has 0 aliphatic carbocycles. The Morgan fingerprint density at radius 3 is 2.24 bits per heavy atom. The third-order valence-corrected chi connectivity index (χ3v) is 4.16. The number of aromatic nitrogens is 1. The van der Waals surface area contributed by atoms with Gasteiger partial charge in [-0.15, -0.1) is 0 Å². The van der Waals surface area contributed by atoms with Crippen molar-refractivity contribution in [2.45, 2.75) is 27.7 Å². The lowest BCUT2D eigenvalue weighted by molar-refractivity contribution is 0.0734. The predicted molar refractivity (Wildman–Crippen MR) is 100 cm³/mol. The van der Waals surface area contributed by atoms with Crippen LogP contribution in [0.5, 0.6) is 5.75 Å². The van der Waals surface area contributed by atoms with E-state index >= 15 is 0 Å². The summed E-state index contributed by atoms with van der Waals surface area (Å²) >= 11 is 0. The summed E-state index contributed by atoms with van der Waals surface area (Å²) in [6.07, 6.45) is 1.73. The third kappa shape index (κ3) is 3.61. The van der Waals surface area contributed by atoms with Crippen LogP contribution in [0.2, 0.25) is 0 Å². The van der Waals surface area contributed by atoms with Crippen molar-refractivity contribution in [1.82, 2.24) is 4.98 Å². The van der Waals surface area contributed by atoms with E-state index in [1.54, 1.807) is 6.20 Å². The van der Waals surface area contributed by atoms with Crippen molar-refractivity contribution in [3.8, 4) is 17.0 Å². The summed E-state index contributed by atoms with van der Waals surface area (Å²) in [4.78, 5) is 17.2. The van der Waals surface area contributed by atoms with Gasteiger partial charge in [-0.25, -0.2) is 4.79 Å². The molecule has 0 saturated heterocycles. The van der Waals surface area contributed by atoms with Gasteiger partial charge < -0.3 is 4.74 Å². The summed E-state index contributed by atoms with van der Waals surface area (Å²) in [5.74, 6) is 0.195. The van der Waals surface area contributed by atoms with Crippen LogP contribution in [-0.4, -0.2) is 11.0 Å². The molecule has 0 unspecified atom stereocenters. The first-order valence-electron chi connectivity index (χ1n) is 8.28. The summed E-state index contributed by atoms with van der Waals surface area (Å²) in [6.45, 7) is 7.87. The fourth-order valence-corrected chi connectivity index (χ4v) is 3.10. The molecule has 126 valence electrons. The molecule has 0 N–H and O–H groups in total. The number of rotatable bonds is 3. The Labute approximate surface area is 148 Å². The number of aryl methyl sites for hydroxylation is 4. The SMILES string of the molecule is Cc1cc(C)c(C(=O)Oc2cc(C)ccc2-c2ccccn2)c(C)c1. The number of carbonyl (C=O) groups is 1. The molecule has 0 aliphatic heterocycles. The largest absolute Gasteiger partial charge is 0.422 e. The lowest BCUT2D eigenvalue weighted by atomic mass is 10.00. The highest BCUT2D eigenvalue weighted by atomic mass is 16.5. The Morgan fingerprint density at radius 2 is 1.60 bits per heavy atom. The quantitative estimate of drug-likeness (QED) is 0.489. The van der Waals surface area contributed by atoms with E-state index in [0.717, 1.165) is 33.5 Å². The van der Waals surface area contributed by atoms with E-state index < -0.39 is 0 Å². The number of pyridine rings is 1. The molecule has 1 aromatic heterocycles. The van der Waals surface area contributed by atoms with E-state index in [-0.39, 0.29) is 5.97 Å². The van der Waals surface area contributed by atoms with E-state index in [0.29, 0.717) is 11.3 Å². The van der Waals surface area contributed by atoms with Gasteiger partial charge in [0.15, 0.2) is 0 Å². The molecule has 25 heavy (non-hydrogen) atoms. The highest BCUT2D eigenvalue weighted by molar-refractivity contribution is 5.95. The first kappa shape index (κ1) is 16.9. The molecule has 0 saturated carbocycles. The van der Waals surface area contributed by atoms with Crippen molar-refractivity contribution in [1.29, 1.82) is 0 Å². The summed E-state index contributed by atoms with van der Waals surface area (Å²) in [5, 5.41) is 0. The van der Waals surface area contributed by atoms with Gasteiger partial charge in [0.25, 0.3) is 0 Å². The van der Waals surface area contributed by atoms with Gasteiger partial charge in [0.2, 0.25) is 0 Å². The molecule has 2 aromatic carbocycles. The minimum Gasteiger partial charge on any atom is -0.422 e. The highest BCUT2D eigenvalue weighted by Crippen LogP contribution is 2.31. The van der Waals surface area contributed by atoms with Crippen LogP contribution in [-0.2, 0) is 0 Å². The summed E-state index contributed by atoms with van der Waals surface area (Å²) in [7, 11) is 0. The van der Waals surface area contributed by atoms with Gasteiger partial charge in [-0.3, -0.25) is 4.98 Å². The van der Waals surface area contributed by atoms with E-state index in [2.05, 4.69) is 4.98 Å². The Hall–Kier alpha value is -2.94. The van der Waals surface area contributed by atoms with Crippen molar-refractivity contribution in [2.24, 2.45) is 0 Å². The molecule has 1 heterocycles. The zero-order valence-electron chi connectivity index (χ0n) is 15.0. The number of esters is 1. The molecular weight excluding hydrogens is 310 g/mol. The molecule has 0 aliphatic rings. The van der Waals surface area contributed by atoms with Crippen LogP contribution in [0.1, 0.15) is 32.6 Å². The van der Waals surface area contributed by atoms with E-state index in [9.17, 15) is 4.79 Å². The number of nitrogens with zero attached hydrogens (tertiary/aromatic N) is 1. The number of hydrogen-bond donors (Lipinski definition) is 0. The summed E-state index contributed by atoms with van der Waals surface area (Å²) in [6, 6.07) is 15.5. The molecule has 0 atom stereocenters. The van der Waals surface area contributed by atoms with Crippen LogP contribution in [0.3, 0.4) is 0 Å². The van der Waals surface area contributed by atoms with Gasteiger partial charge >= 0.3 is 5.97 Å². The van der Waals surface area contributed by atoms with Gasteiger partial charge in [0, 0.05) is 11.8 Å². The Balaban J connectivity index is 2.01. The molecule has 0 amide bonds. The monoisotopic (exact) mass is 331 g/mol. The second-order valence-electron chi connectivity index (χ2n) is 6.38. The topological polar surface area (TPSA) is 39.2 Å². The zero-order valence-corrected chi connectivity index (χ0v) is 15.0. The minimum absolute atomic E-state index is 0.335. The van der Waals surface area contributed by atoms with Crippen molar-refractivity contribution in [2.75, 3.05) is 0 Å². The number of hydrogen-bond acceptors (Lipinski definition) is 3. The number of ether oxygens (including phenoxy) is 1. The van der Waals surface area contributed by atoms with Crippen LogP contribution in [0.25, 0.3) is 11.3 Å². The molecule has 3 heteroatoms. The van der Waals surface area contributed by atoms with Crippen molar-refractivity contribution >= 4 is 5.97 Å². The molecule has 0 radical (unpaired) electrons. The normalized spacial score (nSPS) is 10.6. The average molecular weight is 331 g/mol. The molecule has 0 fully saturated rings. The molecular formula is C22H21NO2. The van der Waals surface area contributed by atoms with Crippen LogP contribution in [0.4, 0.5) is 0 Å². The fraction of sp³-hybridized carbons (Fsp3) is 0.182. The number of benzene rings is 2. The second kappa shape index (κ2) is 6.89. The molecule has 3 rings (SSSR count). The molecule has 0 spiro atoms. The van der Waals surface area contributed by atoms with Gasteiger partial charge in [-0.1, -0.05) is 29.8 Å². The van der Waals surface area contributed by atoms with Crippen LogP contribution in [0.15, 0.2) is 54.7 Å². The first-order valence-corrected chi connectivity index (χ1v) is 8.28. The van der Waals surface area contributed by atoms with Crippen molar-refractivity contribution in [3.63, 3.8) is 0 Å². The van der Waals surface area contributed by atoms with Crippen molar-refractivity contribution < 1.29 is 9.53 Å². The molecule has 0 bridgehead atoms. The van der Waals surface area contributed by atoms with Gasteiger partial charge in [0.05, 0.1) is 11.3 Å². The zero-order chi connectivity index (χ0) is 18.0. The summed E-state index contributed by atoms with van der Waals surface area (Å²) in [5.41, 5.74) is 6.23. The third-order valence-electron chi connectivity index (χ3n) is 4.16. The van der Waals surface area contributed by atoms with Crippen molar-refractivity contribution in [3.05, 3.63) is 82.5 Å². The minimum atomic E-state index is -0.335. The van der Waals surface area contributed by atoms with E-state index in [4.69, 9.17) is 4.74 Å². The summed E-state index contributed by atoms with van der Waals surface area (Å²) < 4.78 is 5.79. The maximum Gasteiger partial charge on any atom is 0.344 e. The van der Waals surface area contributed by atoms with E-state index in [1.165, 1.54) is 0 Å². The number of carbonyl (C=O) groups excluding carboxylic acids is 1. The Kier molecular flexibility index (Phi) is 4.66. The standard InChI is InChI=1S/C22H21NO2/c1-14-8-9-18(19-7-5-6-10-23-19)20(13-14)25-22(24)21-16(3)11-15(2)12-17(21)4/h5-13H,1-4H3.